The lowest BCUT2D eigenvalue weighted by Crippen LogP contribution is -2.52. The van der Waals surface area contributed by atoms with Crippen molar-refractivity contribution in [3.8, 4) is 0 Å². The number of hydrogen-bond acceptors (Lipinski definition) is 5. The lowest BCUT2D eigenvalue weighted by Gasteiger charge is -2.41. The molecule has 2 aliphatic rings. The zero-order valence-corrected chi connectivity index (χ0v) is 17.1. The van der Waals surface area contributed by atoms with Crippen LogP contribution in [0.4, 0.5) is 5.69 Å². The number of rotatable bonds is 4. The number of carbonyl (C=O) groups is 1. The molecule has 1 saturated carbocycles. The Morgan fingerprint density at radius 3 is 2.36 bits per heavy atom. The van der Waals surface area contributed by atoms with Crippen molar-refractivity contribution in [3.63, 3.8) is 0 Å². The van der Waals surface area contributed by atoms with Gasteiger partial charge in [0.2, 0.25) is 5.91 Å². The summed E-state index contributed by atoms with van der Waals surface area (Å²) >= 11 is 0. The summed E-state index contributed by atoms with van der Waals surface area (Å²) in [7, 11) is 0. The zero-order valence-electron chi connectivity index (χ0n) is 17.1. The van der Waals surface area contributed by atoms with Crippen molar-refractivity contribution in [3.05, 3.63) is 39.7 Å². The average molecular weight is 382 g/mol. The summed E-state index contributed by atoms with van der Waals surface area (Å²) in [4.78, 5) is 36.2. The first-order chi connectivity index (χ1) is 13.1. The highest BCUT2D eigenvalue weighted by Gasteiger charge is 2.73. The summed E-state index contributed by atoms with van der Waals surface area (Å²) in [6.07, 6.45) is 1.61. The van der Waals surface area contributed by atoms with Gasteiger partial charge < -0.3 is 4.90 Å². The summed E-state index contributed by atoms with van der Waals surface area (Å²) in [6.45, 7) is 11.8. The zero-order chi connectivity index (χ0) is 20.5. The molecular formula is C21H26N4O3. The number of amides is 1. The highest BCUT2D eigenvalue weighted by atomic mass is 16.6. The second kappa shape index (κ2) is 5.72. The topological polar surface area (TPSA) is 89.2 Å². The van der Waals surface area contributed by atoms with Crippen LogP contribution in [0.3, 0.4) is 0 Å². The first-order valence-electron chi connectivity index (χ1n) is 9.90. The molecule has 2 aromatic rings. The Morgan fingerprint density at radius 1 is 1.11 bits per heavy atom. The molecule has 2 unspecified atom stereocenters. The molecule has 2 bridgehead atoms. The van der Waals surface area contributed by atoms with E-state index in [1.165, 1.54) is 12.1 Å². The van der Waals surface area contributed by atoms with Gasteiger partial charge in [-0.3, -0.25) is 14.9 Å². The van der Waals surface area contributed by atoms with Crippen LogP contribution >= 0.6 is 0 Å². The molecule has 0 N–H and O–H groups in total. The summed E-state index contributed by atoms with van der Waals surface area (Å²) in [5.41, 5.74) is 1.36. The Morgan fingerprint density at radius 2 is 1.75 bits per heavy atom. The molecule has 28 heavy (non-hydrogen) atoms. The standard InChI is InChI=1S/C21H26N4O3/c1-6-24(7-2)18(26)21-11-10-20(5,19(21,3)4)16-17(21)23-15-12-13(25(27)28)8-9-14(15)22-16/h8-9,12H,6-7,10-11H2,1-5H3. The number of aromatic nitrogens is 2. The van der Waals surface area contributed by atoms with Crippen molar-refractivity contribution < 1.29 is 9.72 Å². The van der Waals surface area contributed by atoms with Gasteiger partial charge in [0.25, 0.3) is 5.69 Å². The predicted molar refractivity (Wildman–Crippen MR) is 106 cm³/mol. The highest BCUT2D eigenvalue weighted by Crippen LogP contribution is 2.70. The molecule has 7 heteroatoms. The van der Waals surface area contributed by atoms with Crippen LogP contribution in [0.5, 0.6) is 0 Å². The van der Waals surface area contributed by atoms with Crippen LogP contribution in [0.25, 0.3) is 11.0 Å². The number of hydrogen-bond donors (Lipinski definition) is 0. The third-order valence-corrected chi connectivity index (χ3v) is 7.65. The summed E-state index contributed by atoms with van der Waals surface area (Å²) in [6, 6.07) is 4.57. The summed E-state index contributed by atoms with van der Waals surface area (Å²) < 4.78 is 0. The van der Waals surface area contributed by atoms with Crippen LogP contribution in [-0.4, -0.2) is 38.8 Å². The minimum atomic E-state index is -0.741. The van der Waals surface area contributed by atoms with Crippen LogP contribution in [0, 0.1) is 15.5 Å². The van der Waals surface area contributed by atoms with Gasteiger partial charge in [0.1, 0.15) is 0 Å². The number of likely N-dealkylation sites (N-methyl/N-ethyl adjacent to an activating group) is 1. The number of nitro benzene ring substituents is 1. The fourth-order valence-electron chi connectivity index (χ4n) is 5.46. The maximum Gasteiger partial charge on any atom is 0.271 e. The van der Waals surface area contributed by atoms with Crippen LogP contribution in [0.1, 0.15) is 58.8 Å². The molecule has 2 aliphatic carbocycles. The monoisotopic (exact) mass is 382 g/mol. The van der Waals surface area contributed by atoms with E-state index in [0.717, 1.165) is 24.2 Å². The largest absolute Gasteiger partial charge is 0.342 e. The van der Waals surface area contributed by atoms with Gasteiger partial charge in [-0.15, -0.1) is 0 Å². The molecule has 1 amide bonds. The summed E-state index contributed by atoms with van der Waals surface area (Å²) in [5, 5.41) is 11.2. The quantitative estimate of drug-likeness (QED) is 0.594. The van der Waals surface area contributed by atoms with E-state index in [9.17, 15) is 14.9 Å². The molecule has 0 saturated heterocycles. The number of non-ortho nitro benzene ring substituents is 1. The Bertz CT molecular complexity index is 1010. The van der Waals surface area contributed by atoms with E-state index in [2.05, 4.69) is 20.8 Å². The van der Waals surface area contributed by atoms with E-state index >= 15 is 0 Å². The van der Waals surface area contributed by atoms with Crippen LogP contribution in [0.2, 0.25) is 0 Å². The first-order valence-corrected chi connectivity index (χ1v) is 9.90. The average Bonchev–Trinajstić information content (AvgIpc) is 2.96. The smallest absolute Gasteiger partial charge is 0.271 e. The second-order valence-electron chi connectivity index (χ2n) is 8.69. The number of benzene rings is 1. The third-order valence-electron chi connectivity index (χ3n) is 7.65. The van der Waals surface area contributed by atoms with E-state index in [0.29, 0.717) is 24.1 Å². The van der Waals surface area contributed by atoms with E-state index in [1.807, 2.05) is 18.7 Å². The molecule has 7 nitrogen and oxygen atoms in total. The highest BCUT2D eigenvalue weighted by molar-refractivity contribution is 5.93. The van der Waals surface area contributed by atoms with E-state index in [1.54, 1.807) is 6.07 Å². The maximum atomic E-state index is 13.8. The van der Waals surface area contributed by atoms with Crippen molar-refractivity contribution in [1.29, 1.82) is 0 Å². The lowest BCUT2D eigenvalue weighted by atomic mass is 9.63. The Balaban J connectivity index is 2.02. The van der Waals surface area contributed by atoms with E-state index in [4.69, 9.17) is 9.97 Å². The van der Waals surface area contributed by atoms with E-state index < -0.39 is 10.3 Å². The molecular weight excluding hydrogens is 356 g/mol. The van der Waals surface area contributed by atoms with Crippen LogP contribution in [-0.2, 0) is 15.6 Å². The molecule has 1 aromatic heterocycles. The minimum absolute atomic E-state index is 0.0144. The first kappa shape index (κ1) is 18.8. The Hall–Kier alpha value is -2.57. The Kier molecular flexibility index (Phi) is 3.83. The van der Waals surface area contributed by atoms with Gasteiger partial charge in [-0.1, -0.05) is 20.8 Å². The van der Waals surface area contributed by atoms with Gasteiger partial charge in [0.15, 0.2) is 0 Å². The van der Waals surface area contributed by atoms with Gasteiger partial charge in [0.05, 0.1) is 32.8 Å². The predicted octanol–water partition coefficient (Wildman–Crippen LogP) is 3.74. The fraction of sp³-hybridized carbons (Fsp3) is 0.571. The molecule has 0 aliphatic heterocycles. The summed E-state index contributed by atoms with van der Waals surface area (Å²) in [5.74, 6) is 0.101. The SMILES string of the molecule is CCN(CC)C(=O)C12CCC(C)(c3nc4ccc([N+](=O)[O-])cc4nc31)C2(C)C. The normalized spacial score (nSPS) is 27.0. The fourth-order valence-corrected chi connectivity index (χ4v) is 5.46. The second-order valence-corrected chi connectivity index (χ2v) is 8.69. The maximum absolute atomic E-state index is 13.8. The molecule has 1 aromatic carbocycles. The van der Waals surface area contributed by atoms with Crippen LogP contribution < -0.4 is 0 Å². The van der Waals surface area contributed by atoms with Crippen molar-refractivity contribution in [1.82, 2.24) is 14.9 Å². The molecule has 0 spiro atoms. The molecule has 2 atom stereocenters. The van der Waals surface area contributed by atoms with Crippen molar-refractivity contribution >= 4 is 22.6 Å². The van der Waals surface area contributed by atoms with Crippen LogP contribution in [0.15, 0.2) is 18.2 Å². The van der Waals surface area contributed by atoms with Crippen molar-refractivity contribution in [2.24, 2.45) is 5.41 Å². The minimum Gasteiger partial charge on any atom is -0.342 e. The number of nitro groups is 1. The Labute approximate surface area is 164 Å². The van der Waals surface area contributed by atoms with Gasteiger partial charge in [-0.2, -0.15) is 0 Å². The molecule has 4 rings (SSSR count). The van der Waals surface area contributed by atoms with Crippen molar-refractivity contribution in [2.45, 2.75) is 58.3 Å². The molecule has 1 fully saturated rings. The van der Waals surface area contributed by atoms with E-state index in [-0.39, 0.29) is 22.4 Å². The molecule has 0 radical (unpaired) electrons. The number of nitrogens with zero attached hydrogens (tertiary/aromatic N) is 4. The van der Waals surface area contributed by atoms with Gasteiger partial charge in [0, 0.05) is 30.6 Å². The molecule has 1 heterocycles. The number of carbonyl (C=O) groups excluding carboxylic acids is 1. The van der Waals surface area contributed by atoms with Gasteiger partial charge in [-0.05, 0) is 38.2 Å². The van der Waals surface area contributed by atoms with Gasteiger partial charge >= 0.3 is 0 Å². The van der Waals surface area contributed by atoms with Crippen molar-refractivity contribution in [2.75, 3.05) is 13.1 Å². The third kappa shape index (κ3) is 1.97. The van der Waals surface area contributed by atoms with Gasteiger partial charge in [-0.25, -0.2) is 9.97 Å². The number of fused-ring (bicyclic) bond motifs is 6. The molecule has 148 valence electrons. The lowest BCUT2D eigenvalue weighted by molar-refractivity contribution is -0.384.